The van der Waals surface area contributed by atoms with E-state index in [9.17, 15) is 19.5 Å². The average molecular weight is 668 g/mol. The second-order valence-electron chi connectivity index (χ2n) is 10.0. The van der Waals surface area contributed by atoms with Crippen LogP contribution in [0.3, 0.4) is 0 Å². The summed E-state index contributed by atoms with van der Waals surface area (Å²) in [7, 11) is 0. The maximum absolute atomic E-state index is 13.4. The predicted octanol–water partition coefficient (Wildman–Crippen LogP) is 1.95. The van der Waals surface area contributed by atoms with Gasteiger partial charge in [0.1, 0.15) is 0 Å². The molecule has 7 nitrogen and oxygen atoms in total. The van der Waals surface area contributed by atoms with Crippen molar-refractivity contribution in [2.24, 2.45) is 5.41 Å². The monoisotopic (exact) mass is 668 g/mol. The first kappa shape index (κ1) is 24.4. The van der Waals surface area contributed by atoms with Crippen LogP contribution in [0.4, 0.5) is 0 Å². The summed E-state index contributed by atoms with van der Waals surface area (Å²) in [6.07, 6.45) is 2.21. The summed E-state index contributed by atoms with van der Waals surface area (Å²) in [5.74, 6) is -1.03. The number of hydrogen-bond donors (Lipinski definition) is 2. The van der Waals surface area contributed by atoms with Gasteiger partial charge in [0, 0.05) is 0 Å². The second-order valence-corrected chi connectivity index (χ2v) is 12.3. The number of rotatable bonds is 5. The molecule has 2 N–H and O–H groups in total. The number of carboxylic acid groups (broad SMARTS) is 1. The molecule has 4 unspecified atom stereocenters. The number of nitrogens with one attached hydrogen (secondary N) is 1. The average Bonchev–Trinajstić information content (AvgIpc) is 3.47. The number of hydrogen-bond acceptors (Lipinski definition) is 4. The van der Waals surface area contributed by atoms with E-state index in [1.54, 1.807) is 4.90 Å². The van der Waals surface area contributed by atoms with Gasteiger partial charge < -0.3 is 0 Å². The van der Waals surface area contributed by atoms with Crippen molar-refractivity contribution in [3.8, 4) is 0 Å². The van der Waals surface area contributed by atoms with Crippen molar-refractivity contribution < 1.29 is 19.5 Å². The van der Waals surface area contributed by atoms with Crippen LogP contribution in [-0.4, -0.2) is 96.7 Å². The SMILES string of the molecule is O=C(O)C1CC(N2CCC3(CC2)CNC(=O)C3c2ccccc2)CN1C(=O)[CH]([Pb])c1ccccc1. The van der Waals surface area contributed by atoms with Crippen molar-refractivity contribution in [3.05, 3.63) is 71.8 Å². The molecule has 2 amide bonds. The molecular formula is C27H30N3O4Pb. The summed E-state index contributed by atoms with van der Waals surface area (Å²) in [6, 6.07) is 18.9. The van der Waals surface area contributed by atoms with Gasteiger partial charge in [-0.2, -0.15) is 0 Å². The minimum absolute atomic E-state index is 0.0299. The standard InChI is InChI=1S/C27H30N3O4.Pb/c31-23(15-19-7-3-1-4-8-19)30-17-21(16-22(30)26(33)34)29-13-11-27(12-14-29)18-28-25(32)24(27)20-9-5-2-6-10-20;/h1-10,15,21-22,24H,11-14,16-18H2,(H,28,32)(H,33,34);. The van der Waals surface area contributed by atoms with Crippen LogP contribution in [0.25, 0.3) is 0 Å². The van der Waals surface area contributed by atoms with E-state index in [-0.39, 0.29) is 32.7 Å². The fourth-order valence-corrected chi connectivity index (χ4v) is 7.60. The quantitative estimate of drug-likeness (QED) is 0.477. The molecule has 3 aliphatic rings. The molecule has 3 aliphatic heterocycles. The molecule has 0 bridgehead atoms. The van der Waals surface area contributed by atoms with Gasteiger partial charge in [-0.05, 0) is 0 Å². The van der Waals surface area contributed by atoms with Crippen LogP contribution in [0.1, 0.15) is 39.8 Å². The van der Waals surface area contributed by atoms with Gasteiger partial charge in [0.15, 0.2) is 0 Å². The summed E-state index contributed by atoms with van der Waals surface area (Å²) in [4.78, 5) is 42.2. The normalized spacial score (nSPS) is 27.1. The minimum atomic E-state index is -0.925. The van der Waals surface area contributed by atoms with E-state index >= 15 is 0 Å². The summed E-state index contributed by atoms with van der Waals surface area (Å²) in [5.41, 5.74) is 1.92. The van der Waals surface area contributed by atoms with Crippen LogP contribution in [0.15, 0.2) is 60.7 Å². The Labute approximate surface area is 221 Å². The molecule has 3 heterocycles. The van der Waals surface area contributed by atoms with Crippen molar-refractivity contribution in [2.45, 2.75) is 40.7 Å². The molecule has 3 saturated heterocycles. The van der Waals surface area contributed by atoms with Crippen LogP contribution >= 0.6 is 0 Å². The third-order valence-electron chi connectivity index (χ3n) is 8.16. The number of carbonyl (C=O) groups is 3. The Morgan fingerprint density at radius 2 is 1.66 bits per heavy atom. The number of piperidine rings is 1. The number of benzene rings is 2. The first-order valence-electron chi connectivity index (χ1n) is 12.3. The van der Waals surface area contributed by atoms with Crippen molar-refractivity contribution in [1.29, 1.82) is 0 Å². The van der Waals surface area contributed by atoms with Gasteiger partial charge in [-0.1, -0.05) is 18.2 Å². The zero-order valence-electron chi connectivity index (χ0n) is 19.6. The number of aliphatic carboxylic acids is 1. The molecular weight excluding hydrogens is 638 g/mol. The fourth-order valence-electron chi connectivity index (χ4n) is 6.21. The van der Waals surface area contributed by atoms with Crippen LogP contribution in [0.2, 0.25) is 0 Å². The van der Waals surface area contributed by atoms with Crippen LogP contribution < -0.4 is 5.32 Å². The van der Waals surface area contributed by atoms with Crippen molar-refractivity contribution in [2.75, 3.05) is 26.2 Å². The first-order chi connectivity index (χ1) is 16.9. The van der Waals surface area contributed by atoms with Gasteiger partial charge in [0.25, 0.3) is 0 Å². The first-order valence-corrected chi connectivity index (χ1v) is 14.5. The van der Waals surface area contributed by atoms with Crippen LogP contribution in [0, 0.1) is 5.41 Å². The van der Waals surface area contributed by atoms with E-state index in [1.165, 1.54) is 0 Å². The van der Waals surface area contributed by atoms with Gasteiger partial charge in [-0.25, -0.2) is 0 Å². The fraction of sp³-hybridized carbons (Fsp3) is 0.444. The molecule has 0 saturated carbocycles. The molecule has 3 fully saturated rings. The maximum atomic E-state index is 13.4. The number of nitrogens with zero attached hydrogens (tertiary/aromatic N) is 2. The third-order valence-corrected chi connectivity index (χ3v) is 10.4. The molecule has 0 aromatic heterocycles. The van der Waals surface area contributed by atoms with Gasteiger partial charge in [-0.3, -0.25) is 0 Å². The number of carboxylic acids is 1. The molecule has 2 aromatic carbocycles. The molecule has 1 spiro atoms. The molecule has 3 radical (unpaired) electrons. The molecule has 2 aromatic rings. The molecule has 5 rings (SSSR count). The van der Waals surface area contributed by atoms with E-state index in [0.717, 1.165) is 37.1 Å². The molecule has 0 aliphatic carbocycles. The van der Waals surface area contributed by atoms with Gasteiger partial charge in [0.2, 0.25) is 0 Å². The Hall–Kier alpha value is -2.27. The van der Waals surface area contributed by atoms with E-state index in [4.69, 9.17) is 0 Å². The van der Waals surface area contributed by atoms with Crippen LogP contribution in [0.5, 0.6) is 0 Å². The summed E-state index contributed by atoms with van der Waals surface area (Å²) >= 11 is 0.633. The number of amides is 2. The number of likely N-dealkylation sites (tertiary alicyclic amines) is 2. The zero-order chi connectivity index (χ0) is 24.6. The summed E-state index contributed by atoms with van der Waals surface area (Å²) in [5, 5.41) is 13.0. The van der Waals surface area contributed by atoms with Gasteiger partial charge in [-0.15, -0.1) is 0 Å². The molecule has 35 heavy (non-hydrogen) atoms. The second kappa shape index (κ2) is 10.0. The Morgan fingerprint density at radius 1 is 1.03 bits per heavy atom. The summed E-state index contributed by atoms with van der Waals surface area (Å²) < 4.78 is -0.247. The zero-order valence-corrected chi connectivity index (χ0v) is 23.5. The van der Waals surface area contributed by atoms with Gasteiger partial charge >= 0.3 is 204 Å². The van der Waals surface area contributed by atoms with E-state index < -0.39 is 12.0 Å². The van der Waals surface area contributed by atoms with Crippen molar-refractivity contribution in [1.82, 2.24) is 15.1 Å². The Kier molecular flexibility index (Phi) is 6.98. The Balaban J connectivity index is 1.28. The van der Waals surface area contributed by atoms with Gasteiger partial charge in [0.05, 0.1) is 0 Å². The molecule has 4 atom stereocenters. The Bertz CT molecular complexity index is 1090. The molecule has 181 valence electrons. The van der Waals surface area contributed by atoms with E-state index in [0.29, 0.717) is 45.3 Å². The Morgan fingerprint density at radius 3 is 2.29 bits per heavy atom. The molecule has 8 heteroatoms. The third kappa shape index (κ3) is 4.64. The predicted molar refractivity (Wildman–Crippen MR) is 132 cm³/mol. The number of carbonyl (C=O) groups excluding carboxylic acids is 2. The summed E-state index contributed by atoms with van der Waals surface area (Å²) in [6.45, 7) is 2.75. The van der Waals surface area contributed by atoms with Crippen molar-refractivity contribution >= 4 is 43.6 Å². The van der Waals surface area contributed by atoms with E-state index in [1.807, 2.05) is 60.7 Å². The topological polar surface area (TPSA) is 89.9 Å². The van der Waals surface area contributed by atoms with E-state index in [2.05, 4.69) is 10.2 Å². The van der Waals surface area contributed by atoms with Crippen LogP contribution in [-0.2, 0) is 14.4 Å². The van der Waals surface area contributed by atoms with Crippen molar-refractivity contribution in [3.63, 3.8) is 0 Å².